The fourth-order valence-corrected chi connectivity index (χ4v) is 4.95. The molecule has 2 aromatic carbocycles. The number of nitrogens with one attached hydrogen (secondary N) is 2. The molecule has 9 heteroatoms. The van der Waals surface area contributed by atoms with E-state index in [1.807, 2.05) is 59.3 Å². The number of halogens is 1. The van der Waals surface area contributed by atoms with Crippen LogP contribution < -0.4 is 15.5 Å². The van der Waals surface area contributed by atoms with Crippen molar-refractivity contribution in [2.24, 2.45) is 0 Å². The molecular weight excluding hydrogens is 516 g/mol. The molecule has 1 aromatic heterocycles. The minimum atomic E-state index is -0.221. The molecule has 2 amide bonds. The molecule has 2 aliphatic heterocycles. The van der Waals surface area contributed by atoms with Crippen molar-refractivity contribution in [3.8, 4) is 0 Å². The molecule has 3 heterocycles. The van der Waals surface area contributed by atoms with E-state index >= 15 is 0 Å². The molecule has 0 radical (unpaired) electrons. The predicted molar refractivity (Wildman–Crippen MR) is 139 cm³/mol. The molecule has 2 saturated heterocycles. The number of para-hydroxylation sites is 1. The summed E-state index contributed by atoms with van der Waals surface area (Å²) in [6.07, 6.45) is 5.78. The first-order valence-electron chi connectivity index (χ1n) is 11.1. The molecule has 0 saturated carbocycles. The Morgan fingerprint density at radius 2 is 2.09 bits per heavy atom. The first-order valence-corrected chi connectivity index (χ1v) is 12.3. The third-order valence-corrected chi connectivity index (χ3v) is 6.71. The van der Waals surface area contributed by atoms with Crippen LogP contribution in [-0.4, -0.2) is 40.7 Å². The average Bonchev–Trinajstić information content (AvgIpc) is 3.53. The molecular formula is C25H23BrN4O3S. The molecule has 2 N–H and O–H groups in total. The van der Waals surface area contributed by atoms with Crippen LogP contribution in [0.2, 0.25) is 0 Å². The Kier molecular flexibility index (Phi) is 6.49. The average molecular weight is 539 g/mol. The van der Waals surface area contributed by atoms with Crippen LogP contribution in [0.15, 0.2) is 64.9 Å². The highest BCUT2D eigenvalue weighted by molar-refractivity contribution is 9.10. The summed E-state index contributed by atoms with van der Waals surface area (Å²) in [5.41, 5.74) is 2.81. The molecule has 7 nitrogen and oxygen atoms in total. The summed E-state index contributed by atoms with van der Waals surface area (Å²) in [5.74, 6) is -0.303. The summed E-state index contributed by atoms with van der Waals surface area (Å²) in [7, 11) is 0. The number of carbonyl (C=O) groups excluding carboxylic acids is 2. The summed E-state index contributed by atoms with van der Waals surface area (Å²) in [6, 6.07) is 15.2. The molecule has 5 rings (SSSR count). The number of aromatic nitrogens is 1. The lowest BCUT2D eigenvalue weighted by atomic mass is 10.1. The van der Waals surface area contributed by atoms with Gasteiger partial charge in [-0.05, 0) is 61.5 Å². The lowest BCUT2D eigenvalue weighted by Gasteiger charge is -2.13. The highest BCUT2D eigenvalue weighted by Crippen LogP contribution is 2.29. The van der Waals surface area contributed by atoms with Gasteiger partial charge in [0.25, 0.3) is 5.91 Å². The number of rotatable bonds is 6. The van der Waals surface area contributed by atoms with Gasteiger partial charge in [0.1, 0.15) is 12.2 Å². The minimum absolute atomic E-state index is 0.0824. The smallest absolute Gasteiger partial charge is 0.281 e. The quantitative estimate of drug-likeness (QED) is 0.367. The summed E-state index contributed by atoms with van der Waals surface area (Å²) in [4.78, 5) is 27.2. The molecule has 3 aromatic rings. The van der Waals surface area contributed by atoms with Gasteiger partial charge in [-0.15, -0.1) is 0 Å². The molecule has 2 aliphatic rings. The second-order valence-electron chi connectivity index (χ2n) is 8.28. The maximum Gasteiger partial charge on any atom is 0.281 e. The zero-order valence-electron chi connectivity index (χ0n) is 18.3. The van der Waals surface area contributed by atoms with E-state index < -0.39 is 0 Å². The molecule has 34 heavy (non-hydrogen) atoms. The fraction of sp³-hybridized carbons (Fsp3) is 0.240. The number of ether oxygens (including phenoxy) is 1. The van der Waals surface area contributed by atoms with E-state index in [0.717, 1.165) is 40.4 Å². The van der Waals surface area contributed by atoms with Crippen LogP contribution in [0.4, 0.5) is 5.69 Å². The van der Waals surface area contributed by atoms with E-state index in [9.17, 15) is 9.59 Å². The summed E-state index contributed by atoms with van der Waals surface area (Å²) >= 11 is 8.95. The van der Waals surface area contributed by atoms with Gasteiger partial charge in [0.05, 0.1) is 11.8 Å². The topological polar surface area (TPSA) is 75.6 Å². The van der Waals surface area contributed by atoms with E-state index in [0.29, 0.717) is 23.0 Å². The number of nitrogens with zero attached hydrogens (tertiary/aromatic N) is 2. The van der Waals surface area contributed by atoms with Crippen molar-refractivity contribution in [3.05, 3.63) is 70.5 Å². The molecule has 0 bridgehead atoms. The maximum absolute atomic E-state index is 13.1. The van der Waals surface area contributed by atoms with E-state index in [1.54, 1.807) is 6.08 Å². The van der Waals surface area contributed by atoms with Crippen LogP contribution in [-0.2, 0) is 20.9 Å². The molecule has 0 spiro atoms. The second-order valence-corrected chi connectivity index (χ2v) is 9.58. The van der Waals surface area contributed by atoms with Crippen molar-refractivity contribution in [1.82, 2.24) is 15.2 Å². The maximum atomic E-state index is 13.1. The number of hydrogen-bond acceptors (Lipinski definition) is 4. The zero-order chi connectivity index (χ0) is 23.7. The summed E-state index contributed by atoms with van der Waals surface area (Å²) < 4.78 is 8.39. The van der Waals surface area contributed by atoms with Gasteiger partial charge < -0.3 is 19.9 Å². The molecule has 174 valence electrons. The van der Waals surface area contributed by atoms with E-state index in [1.165, 1.54) is 4.90 Å². The van der Waals surface area contributed by atoms with Crippen LogP contribution in [0.5, 0.6) is 0 Å². The molecule has 1 atom stereocenters. The monoisotopic (exact) mass is 538 g/mol. The Labute approximate surface area is 210 Å². The second kappa shape index (κ2) is 9.69. The highest BCUT2D eigenvalue weighted by Gasteiger charge is 2.32. The van der Waals surface area contributed by atoms with Gasteiger partial charge in [-0.25, -0.2) is 0 Å². The van der Waals surface area contributed by atoms with Crippen LogP contribution in [0.1, 0.15) is 18.4 Å². The number of anilines is 1. The Bertz CT molecular complexity index is 1300. The standard InChI is InChI=1S/C25H23BrN4O3S/c26-17-8-9-22-20(12-17)16(14-29(22)15-23(31)27-13-19-7-4-10-33-19)11-21-24(32)30(25(34)28-21)18-5-2-1-3-6-18/h1-3,5-6,8-9,11-12,14,19H,4,7,10,13,15H2,(H,27,31)(H,28,34)/b21-11-/t19-/m0/s1. The Morgan fingerprint density at radius 3 is 2.85 bits per heavy atom. The van der Waals surface area contributed by atoms with Crippen molar-refractivity contribution in [3.63, 3.8) is 0 Å². The van der Waals surface area contributed by atoms with E-state index in [4.69, 9.17) is 17.0 Å². The van der Waals surface area contributed by atoms with Crippen molar-refractivity contribution >= 4 is 67.7 Å². The predicted octanol–water partition coefficient (Wildman–Crippen LogP) is 3.96. The van der Waals surface area contributed by atoms with E-state index in [2.05, 4.69) is 26.6 Å². The van der Waals surface area contributed by atoms with Gasteiger partial charge in [0, 0.05) is 40.3 Å². The van der Waals surface area contributed by atoms with E-state index in [-0.39, 0.29) is 24.5 Å². The SMILES string of the molecule is O=C(Cn1cc(/C=C2\NC(=S)N(c3ccccc3)C2=O)c2cc(Br)ccc21)NC[C@@H]1CCCO1. The Hall–Kier alpha value is -3.01. The Balaban J connectivity index is 1.41. The van der Waals surface area contributed by atoms with Crippen LogP contribution in [0, 0.1) is 0 Å². The van der Waals surface area contributed by atoms with Crippen LogP contribution in [0.25, 0.3) is 17.0 Å². The normalized spacial score (nSPS) is 19.3. The van der Waals surface area contributed by atoms with Gasteiger partial charge in [0.2, 0.25) is 5.91 Å². The van der Waals surface area contributed by atoms with Crippen molar-refractivity contribution < 1.29 is 14.3 Å². The number of thiocarbonyl (C=S) groups is 1. The summed E-state index contributed by atoms with van der Waals surface area (Å²) in [5, 5.41) is 7.26. The summed E-state index contributed by atoms with van der Waals surface area (Å²) in [6.45, 7) is 1.45. The van der Waals surface area contributed by atoms with Gasteiger partial charge in [-0.2, -0.15) is 0 Å². The van der Waals surface area contributed by atoms with Gasteiger partial charge in [-0.1, -0.05) is 34.1 Å². The molecule has 0 aliphatic carbocycles. The number of amides is 2. The lowest BCUT2D eigenvalue weighted by molar-refractivity contribution is -0.122. The van der Waals surface area contributed by atoms with Crippen LogP contribution in [0.3, 0.4) is 0 Å². The minimum Gasteiger partial charge on any atom is -0.376 e. The third kappa shape index (κ3) is 4.64. The van der Waals surface area contributed by atoms with Gasteiger partial charge in [-0.3, -0.25) is 14.5 Å². The molecule has 2 fully saturated rings. The van der Waals surface area contributed by atoms with Gasteiger partial charge >= 0.3 is 0 Å². The van der Waals surface area contributed by atoms with Crippen molar-refractivity contribution in [2.45, 2.75) is 25.5 Å². The highest BCUT2D eigenvalue weighted by atomic mass is 79.9. The number of hydrogen-bond donors (Lipinski definition) is 2. The third-order valence-electron chi connectivity index (χ3n) is 5.93. The van der Waals surface area contributed by atoms with Crippen molar-refractivity contribution in [2.75, 3.05) is 18.1 Å². The fourth-order valence-electron chi connectivity index (χ4n) is 4.29. The lowest BCUT2D eigenvalue weighted by Crippen LogP contribution is -2.34. The van der Waals surface area contributed by atoms with Crippen molar-refractivity contribution in [1.29, 1.82) is 0 Å². The Morgan fingerprint density at radius 1 is 1.26 bits per heavy atom. The largest absolute Gasteiger partial charge is 0.376 e. The van der Waals surface area contributed by atoms with Crippen LogP contribution >= 0.6 is 28.1 Å². The number of fused-ring (bicyclic) bond motifs is 1. The van der Waals surface area contributed by atoms with Gasteiger partial charge in [0.15, 0.2) is 5.11 Å². The number of carbonyl (C=O) groups is 2. The first kappa shape index (κ1) is 22.8. The molecule has 0 unspecified atom stereocenters. The first-order chi connectivity index (χ1) is 16.5. The zero-order valence-corrected chi connectivity index (χ0v) is 20.7. The number of benzene rings is 2.